The molecule has 2 heterocycles. The van der Waals surface area contributed by atoms with Crippen LogP contribution >= 0.6 is 0 Å². The number of H-pyrrole nitrogens is 1. The highest BCUT2D eigenvalue weighted by Crippen LogP contribution is 2.26. The van der Waals surface area contributed by atoms with Crippen molar-refractivity contribution in [1.82, 2.24) is 24.5 Å². The first kappa shape index (κ1) is 21.5. The maximum absolute atomic E-state index is 13.6. The summed E-state index contributed by atoms with van der Waals surface area (Å²) in [5, 5.41) is 18.2. The third-order valence-corrected chi connectivity index (χ3v) is 6.42. The molecule has 0 amide bonds. The van der Waals surface area contributed by atoms with Gasteiger partial charge in [-0.2, -0.15) is 5.26 Å². The Bertz CT molecular complexity index is 1440. The first-order valence-electron chi connectivity index (χ1n) is 9.72. The van der Waals surface area contributed by atoms with Crippen LogP contribution in [0.1, 0.15) is 31.3 Å². The van der Waals surface area contributed by atoms with Gasteiger partial charge in [0.05, 0.1) is 16.5 Å². The molecule has 4 aromatic rings. The second-order valence-corrected chi connectivity index (χ2v) is 8.72. The monoisotopic (exact) mass is 454 g/mol. The van der Waals surface area contributed by atoms with Gasteiger partial charge in [-0.1, -0.05) is 5.10 Å². The number of sulfonamides is 1. The summed E-state index contributed by atoms with van der Waals surface area (Å²) in [6.45, 7) is 3.90. The highest BCUT2D eigenvalue weighted by molar-refractivity contribution is 7.89. The van der Waals surface area contributed by atoms with E-state index in [9.17, 15) is 12.8 Å². The number of hydrogen-bond donors (Lipinski definition) is 2. The molecule has 0 radical (unpaired) electrons. The summed E-state index contributed by atoms with van der Waals surface area (Å²) in [5.41, 5.74) is 0.550. The van der Waals surface area contributed by atoms with E-state index in [1.807, 2.05) is 31.3 Å². The Morgan fingerprint density at radius 3 is 2.81 bits per heavy atom. The van der Waals surface area contributed by atoms with Gasteiger partial charge >= 0.3 is 6.01 Å². The van der Waals surface area contributed by atoms with Crippen LogP contribution in [0.25, 0.3) is 10.9 Å². The predicted octanol–water partition coefficient (Wildman–Crippen LogP) is 3.62. The van der Waals surface area contributed by atoms with E-state index in [0.717, 1.165) is 29.1 Å². The predicted molar refractivity (Wildman–Crippen MR) is 114 cm³/mol. The summed E-state index contributed by atoms with van der Waals surface area (Å²) in [6.07, 6.45) is 1.83. The minimum atomic E-state index is -4.04. The number of aromatic amines is 1. The van der Waals surface area contributed by atoms with Crippen molar-refractivity contribution in [2.75, 3.05) is 0 Å². The summed E-state index contributed by atoms with van der Waals surface area (Å²) in [6, 6.07) is 11.6. The number of nitriles is 1. The molecule has 0 saturated heterocycles. The van der Waals surface area contributed by atoms with Gasteiger partial charge in [0.25, 0.3) is 0 Å². The Balaban J connectivity index is 1.58. The van der Waals surface area contributed by atoms with E-state index in [1.54, 1.807) is 23.6 Å². The normalized spacial score (nSPS) is 12.6. The lowest BCUT2D eigenvalue weighted by atomic mass is 10.2. The topological polar surface area (TPSA) is 126 Å². The van der Waals surface area contributed by atoms with E-state index < -0.39 is 21.9 Å². The van der Waals surface area contributed by atoms with Gasteiger partial charge in [0.15, 0.2) is 5.82 Å². The van der Waals surface area contributed by atoms with Crippen LogP contribution in [0, 0.1) is 17.1 Å². The third kappa shape index (κ3) is 4.05. The van der Waals surface area contributed by atoms with Crippen molar-refractivity contribution in [3.8, 4) is 17.8 Å². The van der Waals surface area contributed by atoms with Gasteiger partial charge in [-0.15, -0.1) is 5.10 Å². The number of ether oxygens (including phenoxy) is 1. The van der Waals surface area contributed by atoms with Crippen LogP contribution in [0.15, 0.2) is 53.6 Å². The summed E-state index contributed by atoms with van der Waals surface area (Å²) in [4.78, 5) is 2.89. The molecule has 164 valence electrons. The van der Waals surface area contributed by atoms with E-state index in [2.05, 4.69) is 19.9 Å². The van der Waals surface area contributed by atoms with Gasteiger partial charge in [0.1, 0.15) is 17.6 Å². The van der Waals surface area contributed by atoms with Crippen molar-refractivity contribution in [3.63, 3.8) is 0 Å². The highest BCUT2D eigenvalue weighted by Gasteiger charge is 2.25. The zero-order valence-electron chi connectivity index (χ0n) is 17.2. The molecular weight excluding hydrogens is 435 g/mol. The number of rotatable bonds is 7. The van der Waals surface area contributed by atoms with Crippen LogP contribution in [0.4, 0.5) is 4.39 Å². The minimum Gasteiger partial charge on any atom is -0.424 e. The molecule has 0 unspecified atom stereocenters. The lowest BCUT2D eigenvalue weighted by molar-refractivity contribution is 0.408. The molecule has 0 aliphatic carbocycles. The molecule has 11 heteroatoms. The molecule has 0 aliphatic rings. The van der Waals surface area contributed by atoms with Crippen LogP contribution in [0.5, 0.6) is 11.8 Å². The molecule has 1 atom stereocenters. The lowest BCUT2D eigenvalue weighted by Gasteiger charge is -2.15. The maximum atomic E-state index is 13.6. The van der Waals surface area contributed by atoms with Crippen molar-refractivity contribution in [2.45, 2.75) is 31.3 Å². The van der Waals surface area contributed by atoms with Crippen LogP contribution in [-0.4, -0.2) is 28.2 Å². The second-order valence-electron chi connectivity index (χ2n) is 7.01. The van der Waals surface area contributed by atoms with Gasteiger partial charge in [-0.05, 0) is 55.6 Å². The molecular formula is C21H19FN6O3S. The number of aromatic nitrogens is 4. The van der Waals surface area contributed by atoms with Gasteiger partial charge in [0.2, 0.25) is 10.0 Å². The fraction of sp³-hybridized carbons (Fsp3) is 0.190. The first-order chi connectivity index (χ1) is 15.3. The number of nitrogens with one attached hydrogen (secondary N) is 2. The largest absolute Gasteiger partial charge is 0.424 e. The van der Waals surface area contributed by atoms with Crippen LogP contribution < -0.4 is 9.46 Å². The van der Waals surface area contributed by atoms with Gasteiger partial charge in [-0.3, -0.25) is 4.57 Å². The number of benzene rings is 2. The molecule has 9 nitrogen and oxygen atoms in total. The van der Waals surface area contributed by atoms with E-state index >= 15 is 0 Å². The molecule has 2 aromatic carbocycles. The molecule has 2 aromatic heterocycles. The van der Waals surface area contributed by atoms with Gasteiger partial charge < -0.3 is 9.72 Å². The number of nitrogens with zero attached hydrogens (tertiary/aromatic N) is 4. The molecule has 2 N–H and O–H groups in total. The summed E-state index contributed by atoms with van der Waals surface area (Å²) < 4.78 is 49.1. The number of halogens is 1. The highest BCUT2D eigenvalue weighted by atomic mass is 32.2. The summed E-state index contributed by atoms with van der Waals surface area (Å²) >= 11 is 0. The van der Waals surface area contributed by atoms with Crippen molar-refractivity contribution >= 4 is 20.9 Å². The fourth-order valence-corrected chi connectivity index (χ4v) is 4.53. The van der Waals surface area contributed by atoms with Gasteiger partial charge in [-0.25, -0.2) is 17.5 Å². The Morgan fingerprint density at radius 2 is 2.06 bits per heavy atom. The van der Waals surface area contributed by atoms with Crippen LogP contribution in [0.2, 0.25) is 0 Å². The summed E-state index contributed by atoms with van der Waals surface area (Å²) in [7, 11) is -4.04. The standard InChI is InChI=1S/C21H19FN6O3S/c1-3-28-20(13(2)27-32(29,30)17-6-7-18(22)15(10-17)12-23)25-26-21(28)31-16-5-4-14-8-9-24-19(14)11-16/h4-11,13,24,27H,3H2,1-2H3/t13-/m1/s1. The van der Waals surface area contributed by atoms with Crippen molar-refractivity contribution in [3.05, 3.63) is 65.9 Å². The molecule has 0 saturated carbocycles. The molecule has 0 fully saturated rings. The molecule has 0 bridgehead atoms. The Labute approximate surface area is 183 Å². The zero-order valence-corrected chi connectivity index (χ0v) is 18.0. The molecule has 4 rings (SSSR count). The Morgan fingerprint density at radius 1 is 1.25 bits per heavy atom. The average molecular weight is 454 g/mol. The number of hydrogen-bond acceptors (Lipinski definition) is 6. The lowest BCUT2D eigenvalue weighted by Crippen LogP contribution is -2.29. The SMILES string of the molecule is CCn1c(Oc2ccc3cc[nH]c3c2)nnc1[C@@H](C)NS(=O)(=O)c1ccc(F)c(C#N)c1. The molecule has 0 aliphatic heterocycles. The average Bonchev–Trinajstić information content (AvgIpc) is 3.39. The van der Waals surface area contributed by atoms with E-state index in [-0.39, 0.29) is 16.5 Å². The zero-order chi connectivity index (χ0) is 22.9. The quantitative estimate of drug-likeness (QED) is 0.439. The smallest absolute Gasteiger partial charge is 0.322 e. The van der Waals surface area contributed by atoms with Crippen molar-refractivity contribution < 1.29 is 17.5 Å². The molecule has 0 spiro atoms. The third-order valence-electron chi connectivity index (χ3n) is 4.89. The van der Waals surface area contributed by atoms with E-state index in [4.69, 9.17) is 10.00 Å². The molecule has 32 heavy (non-hydrogen) atoms. The van der Waals surface area contributed by atoms with Crippen molar-refractivity contribution in [1.29, 1.82) is 5.26 Å². The van der Waals surface area contributed by atoms with Gasteiger partial charge in [0, 0.05) is 24.3 Å². The Kier molecular flexibility index (Phi) is 5.65. The number of fused-ring (bicyclic) bond motifs is 1. The summed E-state index contributed by atoms with van der Waals surface area (Å²) in [5.74, 6) is 0.108. The van der Waals surface area contributed by atoms with Crippen molar-refractivity contribution in [2.24, 2.45) is 0 Å². The van der Waals surface area contributed by atoms with Crippen LogP contribution in [-0.2, 0) is 16.6 Å². The minimum absolute atomic E-state index is 0.216. The maximum Gasteiger partial charge on any atom is 0.322 e. The van der Waals surface area contributed by atoms with E-state index in [1.165, 1.54) is 0 Å². The fourth-order valence-electron chi connectivity index (χ4n) is 3.30. The Hall–Kier alpha value is -3.75. The first-order valence-corrected chi connectivity index (χ1v) is 11.2. The second kappa shape index (κ2) is 8.41. The van der Waals surface area contributed by atoms with Crippen LogP contribution in [0.3, 0.4) is 0 Å². The van der Waals surface area contributed by atoms with E-state index in [0.29, 0.717) is 18.1 Å².